The van der Waals surface area contributed by atoms with Gasteiger partial charge in [-0.25, -0.2) is 4.68 Å². The van der Waals surface area contributed by atoms with Gasteiger partial charge in [-0.2, -0.15) is 10.4 Å². The maximum absolute atomic E-state index is 12.6. The van der Waals surface area contributed by atoms with E-state index in [2.05, 4.69) is 27.5 Å². The Morgan fingerprint density at radius 2 is 2.12 bits per heavy atom. The molecule has 1 aliphatic heterocycles. The van der Waals surface area contributed by atoms with Crippen LogP contribution in [0.15, 0.2) is 30.3 Å². The lowest BCUT2D eigenvalue weighted by atomic mass is 10.1. The molecule has 3 rings (SSSR count). The Labute approximate surface area is 148 Å². The number of rotatable bonds is 6. The predicted molar refractivity (Wildman–Crippen MR) is 96.1 cm³/mol. The highest BCUT2D eigenvalue weighted by atomic mass is 16.1. The molecule has 0 atom stereocenters. The minimum absolute atomic E-state index is 0.152. The fourth-order valence-electron chi connectivity index (χ4n) is 3.17. The van der Waals surface area contributed by atoms with Gasteiger partial charge in [-0.3, -0.25) is 9.69 Å². The maximum Gasteiger partial charge on any atom is 0.256 e. The summed E-state index contributed by atoms with van der Waals surface area (Å²) in [7, 11) is 0. The highest BCUT2D eigenvalue weighted by Crippen LogP contribution is 2.16. The molecule has 2 aromatic rings. The summed E-state index contributed by atoms with van der Waals surface area (Å²) in [4.78, 5) is 15.0. The van der Waals surface area contributed by atoms with E-state index in [1.54, 1.807) is 4.68 Å². The summed E-state index contributed by atoms with van der Waals surface area (Å²) in [5, 5.41) is 16.0. The second-order valence-electron chi connectivity index (χ2n) is 6.44. The average molecular weight is 337 g/mol. The quantitative estimate of drug-likeness (QED) is 0.879. The SMILES string of the molecule is Cc1cc(NC(=O)c2cccc(CN3CCCC3)c2)n(CCC#N)n1. The summed E-state index contributed by atoms with van der Waals surface area (Å²) in [5.74, 6) is 0.476. The normalized spacial score (nSPS) is 14.4. The van der Waals surface area contributed by atoms with E-state index in [0.717, 1.165) is 30.9 Å². The van der Waals surface area contributed by atoms with Crippen LogP contribution in [0, 0.1) is 18.3 Å². The topological polar surface area (TPSA) is 74.0 Å². The van der Waals surface area contributed by atoms with Crippen molar-refractivity contribution in [2.24, 2.45) is 0 Å². The van der Waals surface area contributed by atoms with Crippen molar-refractivity contribution in [1.29, 1.82) is 5.26 Å². The molecule has 1 amide bonds. The number of aromatic nitrogens is 2. The number of carbonyl (C=O) groups is 1. The van der Waals surface area contributed by atoms with Crippen molar-refractivity contribution in [1.82, 2.24) is 14.7 Å². The van der Waals surface area contributed by atoms with Gasteiger partial charge in [0.25, 0.3) is 5.91 Å². The third kappa shape index (κ3) is 4.46. The number of nitrogens with zero attached hydrogens (tertiary/aromatic N) is 4. The van der Waals surface area contributed by atoms with Gasteiger partial charge in [0.15, 0.2) is 0 Å². The molecular weight excluding hydrogens is 314 g/mol. The molecule has 0 saturated carbocycles. The van der Waals surface area contributed by atoms with Crippen LogP contribution in [0.2, 0.25) is 0 Å². The highest BCUT2D eigenvalue weighted by molar-refractivity contribution is 6.03. The Hall–Kier alpha value is -2.65. The second kappa shape index (κ2) is 7.95. The number of nitriles is 1. The number of hydrogen-bond acceptors (Lipinski definition) is 4. The molecule has 1 fully saturated rings. The van der Waals surface area contributed by atoms with Crippen LogP contribution in [0.4, 0.5) is 5.82 Å². The fourth-order valence-corrected chi connectivity index (χ4v) is 3.17. The Morgan fingerprint density at radius 3 is 2.88 bits per heavy atom. The van der Waals surface area contributed by atoms with Crippen LogP contribution < -0.4 is 5.32 Å². The Balaban J connectivity index is 1.70. The number of aryl methyl sites for hydroxylation is 2. The monoisotopic (exact) mass is 337 g/mol. The molecule has 0 spiro atoms. The Morgan fingerprint density at radius 1 is 1.32 bits per heavy atom. The van der Waals surface area contributed by atoms with Gasteiger partial charge in [-0.1, -0.05) is 12.1 Å². The minimum atomic E-state index is -0.152. The number of nitrogens with one attached hydrogen (secondary N) is 1. The molecule has 6 heteroatoms. The van der Waals surface area contributed by atoms with Crippen molar-refractivity contribution < 1.29 is 4.79 Å². The smallest absolute Gasteiger partial charge is 0.256 e. The summed E-state index contributed by atoms with van der Waals surface area (Å²) in [6.07, 6.45) is 2.87. The van der Waals surface area contributed by atoms with Crippen LogP contribution in [0.1, 0.15) is 40.9 Å². The summed E-state index contributed by atoms with van der Waals surface area (Å²) in [6.45, 7) is 5.49. The van der Waals surface area contributed by atoms with Crippen LogP contribution >= 0.6 is 0 Å². The Kier molecular flexibility index (Phi) is 5.46. The number of anilines is 1. The summed E-state index contributed by atoms with van der Waals surface area (Å²) < 4.78 is 1.67. The molecule has 1 aromatic carbocycles. The first-order chi connectivity index (χ1) is 12.2. The van der Waals surface area contributed by atoms with E-state index >= 15 is 0 Å². The lowest BCUT2D eigenvalue weighted by Gasteiger charge is -2.15. The van der Waals surface area contributed by atoms with E-state index in [1.165, 1.54) is 12.8 Å². The van der Waals surface area contributed by atoms with E-state index in [1.807, 2.05) is 31.2 Å². The molecule has 130 valence electrons. The molecule has 25 heavy (non-hydrogen) atoms. The maximum atomic E-state index is 12.6. The summed E-state index contributed by atoms with van der Waals surface area (Å²) >= 11 is 0. The third-order valence-electron chi connectivity index (χ3n) is 4.37. The Bertz CT molecular complexity index is 783. The molecule has 1 aromatic heterocycles. The van der Waals surface area contributed by atoms with E-state index < -0.39 is 0 Å². The zero-order valence-electron chi connectivity index (χ0n) is 14.5. The summed E-state index contributed by atoms with van der Waals surface area (Å²) in [5.41, 5.74) is 2.61. The molecule has 0 radical (unpaired) electrons. The van der Waals surface area contributed by atoms with E-state index in [4.69, 9.17) is 5.26 Å². The molecule has 1 saturated heterocycles. The van der Waals surface area contributed by atoms with Crippen LogP contribution in [0.25, 0.3) is 0 Å². The van der Waals surface area contributed by atoms with Crippen molar-refractivity contribution in [3.05, 3.63) is 47.2 Å². The van der Waals surface area contributed by atoms with Gasteiger partial charge in [0.05, 0.1) is 24.7 Å². The number of carbonyl (C=O) groups excluding carboxylic acids is 1. The molecule has 1 N–H and O–H groups in total. The van der Waals surface area contributed by atoms with E-state index in [0.29, 0.717) is 24.3 Å². The molecule has 1 aliphatic rings. The first-order valence-electron chi connectivity index (χ1n) is 8.70. The first-order valence-corrected chi connectivity index (χ1v) is 8.70. The van der Waals surface area contributed by atoms with Crippen LogP contribution in [-0.4, -0.2) is 33.7 Å². The largest absolute Gasteiger partial charge is 0.307 e. The van der Waals surface area contributed by atoms with Gasteiger partial charge in [0, 0.05) is 18.2 Å². The molecule has 0 aliphatic carbocycles. The number of amides is 1. The van der Waals surface area contributed by atoms with E-state index in [9.17, 15) is 4.79 Å². The van der Waals surface area contributed by atoms with Crippen LogP contribution in [-0.2, 0) is 13.1 Å². The standard InChI is InChI=1S/C19H23N5O/c1-15-12-18(24(22-15)11-5-8-20)21-19(25)17-7-4-6-16(13-17)14-23-9-2-3-10-23/h4,6-7,12-13H,2-3,5,9-11,14H2,1H3,(H,21,25). The van der Waals surface area contributed by atoms with Crippen LogP contribution in [0.5, 0.6) is 0 Å². The molecule has 0 unspecified atom stereocenters. The average Bonchev–Trinajstić information content (AvgIpc) is 3.23. The van der Waals surface area contributed by atoms with Gasteiger partial charge >= 0.3 is 0 Å². The van der Waals surface area contributed by atoms with Crippen molar-refractivity contribution in [2.45, 2.75) is 39.3 Å². The number of likely N-dealkylation sites (tertiary alicyclic amines) is 1. The van der Waals surface area contributed by atoms with Gasteiger partial charge in [-0.15, -0.1) is 0 Å². The minimum Gasteiger partial charge on any atom is -0.307 e. The fraction of sp³-hybridized carbons (Fsp3) is 0.421. The number of benzene rings is 1. The van der Waals surface area contributed by atoms with Crippen molar-refractivity contribution in [3.63, 3.8) is 0 Å². The second-order valence-corrected chi connectivity index (χ2v) is 6.44. The lowest BCUT2D eigenvalue weighted by Crippen LogP contribution is -2.19. The zero-order valence-corrected chi connectivity index (χ0v) is 14.5. The summed E-state index contributed by atoms with van der Waals surface area (Å²) in [6, 6.07) is 11.7. The number of hydrogen-bond donors (Lipinski definition) is 1. The zero-order chi connectivity index (χ0) is 17.6. The molecule has 2 heterocycles. The van der Waals surface area contributed by atoms with Crippen LogP contribution in [0.3, 0.4) is 0 Å². The first kappa shape index (κ1) is 17.2. The van der Waals surface area contributed by atoms with Gasteiger partial charge in [0.2, 0.25) is 0 Å². The van der Waals surface area contributed by atoms with Crippen molar-refractivity contribution in [3.8, 4) is 6.07 Å². The van der Waals surface area contributed by atoms with Crippen molar-refractivity contribution in [2.75, 3.05) is 18.4 Å². The molecular formula is C19H23N5O. The lowest BCUT2D eigenvalue weighted by molar-refractivity contribution is 0.102. The van der Waals surface area contributed by atoms with Crippen molar-refractivity contribution >= 4 is 11.7 Å². The van der Waals surface area contributed by atoms with E-state index in [-0.39, 0.29) is 5.91 Å². The van der Waals surface area contributed by atoms with Gasteiger partial charge < -0.3 is 5.32 Å². The highest BCUT2D eigenvalue weighted by Gasteiger charge is 2.14. The predicted octanol–water partition coefficient (Wildman–Crippen LogP) is 2.95. The van der Waals surface area contributed by atoms with Gasteiger partial charge in [0.1, 0.15) is 5.82 Å². The molecule has 0 bridgehead atoms. The van der Waals surface area contributed by atoms with Gasteiger partial charge in [-0.05, 0) is 50.6 Å². The third-order valence-corrected chi connectivity index (χ3v) is 4.37. The molecule has 6 nitrogen and oxygen atoms in total.